The van der Waals surface area contributed by atoms with Crippen LogP contribution in [0.4, 0.5) is 4.39 Å². The van der Waals surface area contributed by atoms with Gasteiger partial charge in [0, 0.05) is 11.5 Å². The number of hydrogen-bond acceptors (Lipinski definition) is 6. The van der Waals surface area contributed by atoms with Crippen LogP contribution in [0.3, 0.4) is 0 Å². The maximum Gasteiger partial charge on any atom is 0.307 e. The summed E-state index contributed by atoms with van der Waals surface area (Å²) in [5.41, 5.74) is 1.34. The zero-order chi connectivity index (χ0) is 25.9. The first kappa shape index (κ1) is 24.3. The number of rotatable bonds is 8. The zero-order valence-corrected chi connectivity index (χ0v) is 19.8. The number of hydrogen-bond donors (Lipinski definition) is 1. The molecule has 4 aromatic rings. The molecule has 9 heteroatoms. The average molecular weight is 502 g/mol. The molecular weight excluding hydrogens is 477 g/mol. The van der Waals surface area contributed by atoms with Crippen molar-refractivity contribution in [1.29, 1.82) is 0 Å². The first-order valence-electron chi connectivity index (χ1n) is 12.0. The van der Waals surface area contributed by atoms with Gasteiger partial charge in [-0.2, -0.15) is 0 Å². The summed E-state index contributed by atoms with van der Waals surface area (Å²) in [6.07, 6.45) is 0.881. The molecule has 3 unspecified atom stereocenters. The van der Waals surface area contributed by atoms with E-state index in [1.165, 1.54) is 16.8 Å². The van der Waals surface area contributed by atoms with Gasteiger partial charge in [0.25, 0.3) is 5.56 Å². The van der Waals surface area contributed by atoms with E-state index >= 15 is 0 Å². The highest BCUT2D eigenvalue weighted by molar-refractivity contribution is 6.00. The Morgan fingerprint density at radius 1 is 1.00 bits per heavy atom. The molecule has 0 amide bonds. The second kappa shape index (κ2) is 10.3. The van der Waals surface area contributed by atoms with Gasteiger partial charge in [0.1, 0.15) is 23.7 Å². The maximum absolute atomic E-state index is 13.3. The number of ketones is 1. The average Bonchev–Trinajstić information content (AvgIpc) is 3.34. The minimum absolute atomic E-state index is 0.0770. The van der Waals surface area contributed by atoms with E-state index in [9.17, 15) is 23.9 Å². The Hall–Kier alpha value is -4.40. The van der Waals surface area contributed by atoms with E-state index in [-0.39, 0.29) is 30.3 Å². The molecule has 1 heterocycles. The number of nitrogens with zero attached hydrogens (tertiary/aromatic N) is 3. The number of aliphatic carboxylic acids is 1. The largest absolute Gasteiger partial charge is 0.489 e. The third kappa shape index (κ3) is 5.11. The van der Waals surface area contributed by atoms with Gasteiger partial charge in [-0.3, -0.25) is 14.4 Å². The predicted molar refractivity (Wildman–Crippen MR) is 133 cm³/mol. The zero-order valence-electron chi connectivity index (χ0n) is 19.8. The minimum atomic E-state index is -1.07. The second-order valence-corrected chi connectivity index (χ2v) is 9.21. The SMILES string of the molecule is O=C(c1ccc(OCc2ccc(F)cc2)cc1)C1CCC(Cn2nnc3ccccc3c2=O)C1C(=O)O. The fourth-order valence-electron chi connectivity index (χ4n) is 5.00. The summed E-state index contributed by atoms with van der Waals surface area (Å²) in [6, 6.07) is 19.4. The van der Waals surface area contributed by atoms with Gasteiger partial charge in [0.05, 0.1) is 17.8 Å². The Balaban J connectivity index is 1.28. The first-order valence-corrected chi connectivity index (χ1v) is 12.0. The number of ether oxygens (including phenoxy) is 1. The fourth-order valence-corrected chi connectivity index (χ4v) is 5.00. The molecule has 1 saturated carbocycles. The molecule has 1 aliphatic rings. The van der Waals surface area contributed by atoms with Gasteiger partial charge in [-0.1, -0.05) is 29.5 Å². The normalized spacial score (nSPS) is 19.1. The van der Waals surface area contributed by atoms with E-state index in [4.69, 9.17) is 4.74 Å². The van der Waals surface area contributed by atoms with Crippen LogP contribution in [0.25, 0.3) is 10.9 Å². The van der Waals surface area contributed by atoms with Crippen LogP contribution in [-0.2, 0) is 17.9 Å². The number of aromatic nitrogens is 3. The van der Waals surface area contributed by atoms with Gasteiger partial charge in [0.15, 0.2) is 5.78 Å². The summed E-state index contributed by atoms with van der Waals surface area (Å²) >= 11 is 0. The van der Waals surface area contributed by atoms with E-state index in [1.54, 1.807) is 60.7 Å². The van der Waals surface area contributed by atoms with Crippen molar-refractivity contribution >= 4 is 22.7 Å². The molecule has 1 aromatic heterocycles. The summed E-state index contributed by atoms with van der Waals surface area (Å²) in [6.45, 7) is 0.323. The van der Waals surface area contributed by atoms with Crippen LogP contribution in [0.15, 0.2) is 77.6 Å². The fraction of sp³-hybridized carbons (Fsp3) is 0.250. The molecule has 8 nitrogen and oxygen atoms in total. The molecule has 0 spiro atoms. The van der Waals surface area contributed by atoms with Crippen LogP contribution in [0.2, 0.25) is 0 Å². The smallest absolute Gasteiger partial charge is 0.307 e. The molecule has 37 heavy (non-hydrogen) atoms. The van der Waals surface area contributed by atoms with Crippen molar-refractivity contribution < 1.29 is 23.8 Å². The van der Waals surface area contributed by atoms with Crippen molar-refractivity contribution in [2.24, 2.45) is 17.8 Å². The lowest BCUT2D eigenvalue weighted by molar-refractivity contribution is -0.144. The van der Waals surface area contributed by atoms with Crippen LogP contribution < -0.4 is 10.3 Å². The summed E-state index contributed by atoms with van der Waals surface area (Å²) < 4.78 is 20.0. The van der Waals surface area contributed by atoms with Crippen molar-refractivity contribution in [3.8, 4) is 5.75 Å². The van der Waals surface area contributed by atoms with Crippen LogP contribution >= 0.6 is 0 Å². The molecule has 0 saturated heterocycles. The third-order valence-corrected chi connectivity index (χ3v) is 6.91. The summed E-state index contributed by atoms with van der Waals surface area (Å²) in [7, 11) is 0. The molecule has 0 aliphatic heterocycles. The first-order chi connectivity index (χ1) is 17.9. The molecule has 5 rings (SSSR count). The molecule has 0 radical (unpaired) electrons. The Kier molecular flexibility index (Phi) is 6.76. The molecule has 0 bridgehead atoms. The van der Waals surface area contributed by atoms with Crippen molar-refractivity contribution in [1.82, 2.24) is 15.0 Å². The maximum atomic E-state index is 13.3. The Labute approximate surface area is 211 Å². The lowest BCUT2D eigenvalue weighted by Gasteiger charge is -2.20. The van der Waals surface area contributed by atoms with E-state index in [1.807, 2.05) is 0 Å². The highest BCUT2D eigenvalue weighted by Gasteiger charge is 2.45. The van der Waals surface area contributed by atoms with Crippen LogP contribution in [0, 0.1) is 23.6 Å². The number of carbonyl (C=O) groups excluding carboxylic acids is 1. The quantitative estimate of drug-likeness (QED) is 0.362. The monoisotopic (exact) mass is 501 g/mol. The van der Waals surface area contributed by atoms with Crippen LogP contribution in [-0.4, -0.2) is 31.9 Å². The van der Waals surface area contributed by atoms with Crippen molar-refractivity contribution in [3.63, 3.8) is 0 Å². The van der Waals surface area contributed by atoms with Crippen molar-refractivity contribution in [2.45, 2.75) is 26.0 Å². The molecule has 3 atom stereocenters. The van der Waals surface area contributed by atoms with Gasteiger partial charge in [0.2, 0.25) is 0 Å². The van der Waals surface area contributed by atoms with Crippen LogP contribution in [0.1, 0.15) is 28.8 Å². The Bertz CT molecular complexity index is 1500. The summed E-state index contributed by atoms with van der Waals surface area (Å²) in [5, 5.41) is 18.5. The molecule has 1 fully saturated rings. The second-order valence-electron chi connectivity index (χ2n) is 9.21. The van der Waals surface area contributed by atoms with Crippen molar-refractivity contribution in [2.75, 3.05) is 0 Å². The number of carboxylic acid groups (broad SMARTS) is 1. The highest BCUT2D eigenvalue weighted by Crippen LogP contribution is 2.40. The van der Waals surface area contributed by atoms with Crippen molar-refractivity contribution in [3.05, 3.63) is 100 Å². The molecule has 188 valence electrons. The molecule has 1 N–H and O–H groups in total. The summed E-state index contributed by atoms with van der Waals surface area (Å²) in [4.78, 5) is 38.3. The van der Waals surface area contributed by atoms with E-state index in [0.717, 1.165) is 5.56 Å². The number of carbonyl (C=O) groups is 2. The number of fused-ring (bicyclic) bond motifs is 1. The minimum Gasteiger partial charge on any atom is -0.489 e. The number of benzene rings is 3. The Morgan fingerprint density at radius 2 is 1.73 bits per heavy atom. The van der Waals surface area contributed by atoms with Gasteiger partial charge >= 0.3 is 5.97 Å². The Morgan fingerprint density at radius 3 is 2.46 bits per heavy atom. The molecular formula is C28H24FN3O5. The summed E-state index contributed by atoms with van der Waals surface area (Å²) in [5.74, 6) is -3.19. The topological polar surface area (TPSA) is 111 Å². The van der Waals surface area contributed by atoms with E-state index < -0.39 is 23.7 Å². The van der Waals surface area contributed by atoms with E-state index in [0.29, 0.717) is 35.1 Å². The van der Waals surface area contributed by atoms with Gasteiger partial charge in [-0.05, 0) is 72.9 Å². The highest BCUT2D eigenvalue weighted by atomic mass is 19.1. The number of Topliss-reactive ketones (excluding diaryl/α,β-unsaturated/α-hetero) is 1. The number of halogens is 1. The van der Waals surface area contributed by atoms with Gasteiger partial charge in [-0.25, -0.2) is 9.07 Å². The molecule has 1 aliphatic carbocycles. The van der Waals surface area contributed by atoms with E-state index in [2.05, 4.69) is 10.3 Å². The lowest BCUT2D eigenvalue weighted by Crippen LogP contribution is -2.34. The molecule has 3 aromatic carbocycles. The predicted octanol–water partition coefficient (Wildman–Crippen LogP) is 4.12. The lowest BCUT2D eigenvalue weighted by atomic mass is 9.84. The number of carboxylic acids is 1. The standard InChI is InChI=1S/C28H24FN3O5/c29-20-10-5-17(6-11-20)16-37-21-12-7-18(8-13-21)26(33)23-14-9-19(25(23)28(35)36)15-32-27(34)22-3-1-2-4-24(22)30-31-32/h1-8,10-13,19,23,25H,9,14-16H2,(H,35,36). The van der Waals surface area contributed by atoms with Crippen LogP contribution in [0.5, 0.6) is 5.75 Å². The van der Waals surface area contributed by atoms with Gasteiger partial charge in [-0.15, -0.1) is 5.10 Å². The third-order valence-electron chi connectivity index (χ3n) is 6.91. The van der Waals surface area contributed by atoms with Gasteiger partial charge < -0.3 is 9.84 Å².